The summed E-state index contributed by atoms with van der Waals surface area (Å²) in [7, 11) is 0. The minimum absolute atomic E-state index is 0.0139. The lowest BCUT2D eigenvalue weighted by atomic mass is 9.76. The Morgan fingerprint density at radius 2 is 1.50 bits per heavy atom. The number of carbonyl (C=O) groups excluding carboxylic acids is 1. The van der Waals surface area contributed by atoms with Crippen molar-refractivity contribution < 1.29 is 33.9 Å². The van der Waals surface area contributed by atoms with Crippen LogP contribution in [-0.2, 0) is 19.2 Å². The second-order valence-electron chi connectivity index (χ2n) is 12.2. The quantitative estimate of drug-likeness (QED) is 0.0525. The van der Waals surface area contributed by atoms with Crippen molar-refractivity contribution in [3.8, 4) is 0 Å². The van der Waals surface area contributed by atoms with Gasteiger partial charge in [-0.25, -0.2) is 0 Å². The molecule has 1 saturated carbocycles. The number of rotatable bonds is 21. The van der Waals surface area contributed by atoms with Gasteiger partial charge in [0.25, 0.3) is 0 Å². The van der Waals surface area contributed by atoms with E-state index in [-0.39, 0.29) is 20.0 Å². The molecular formula is C47H75FO6. The van der Waals surface area contributed by atoms with Gasteiger partial charge >= 0.3 is 0 Å². The maximum atomic E-state index is 10.4. The fraction of sp³-hybridized carbons (Fsp3) is 0.511. The first kappa shape index (κ1) is 54.7. The minimum atomic E-state index is -0.292. The van der Waals surface area contributed by atoms with Gasteiger partial charge in [0.1, 0.15) is 32.6 Å². The van der Waals surface area contributed by atoms with E-state index in [1.54, 1.807) is 6.08 Å². The first-order valence-corrected chi connectivity index (χ1v) is 19.8. The minimum Gasteiger partial charge on any atom is -0.491 e. The Morgan fingerprint density at radius 3 is 2.07 bits per heavy atom. The van der Waals surface area contributed by atoms with Crippen molar-refractivity contribution in [3.05, 3.63) is 133 Å². The first-order valence-electron chi connectivity index (χ1n) is 19.8. The van der Waals surface area contributed by atoms with E-state index in [4.69, 9.17) is 24.5 Å². The molecule has 1 fully saturated rings. The zero-order valence-electron chi connectivity index (χ0n) is 34.3. The lowest BCUT2D eigenvalue weighted by Gasteiger charge is -2.29. The Kier molecular flexibility index (Phi) is 46.1. The summed E-state index contributed by atoms with van der Waals surface area (Å²) in [5.41, 5.74) is 4.24. The van der Waals surface area contributed by atoms with E-state index < -0.39 is 0 Å². The highest BCUT2D eigenvalue weighted by Gasteiger charge is 2.23. The number of aliphatic hydroxyl groups excluding tert-OH is 2. The topological polar surface area (TPSA) is 85.2 Å². The Hall–Kier alpha value is -3.62. The van der Waals surface area contributed by atoms with Gasteiger partial charge in [0.15, 0.2) is 0 Å². The van der Waals surface area contributed by atoms with Gasteiger partial charge in [-0.2, -0.15) is 4.94 Å². The molecule has 2 aliphatic rings. The number of hydrogen-bond donors (Lipinski definition) is 2. The molecule has 306 valence electrons. The van der Waals surface area contributed by atoms with Crippen LogP contribution in [-0.4, -0.2) is 50.2 Å². The molecule has 0 aromatic carbocycles. The van der Waals surface area contributed by atoms with Gasteiger partial charge in [-0.15, -0.1) is 13.2 Å². The Bertz CT molecular complexity index is 1130. The maximum Gasteiger partial charge on any atom is 0.143 e. The normalized spacial score (nSPS) is 21.4. The SMILES string of the molecule is C=C/C=C(\C=C/CCO)C1CCC(CCC2=C(CCCCCCC)/C=C/C=C(OCCOCO)\C=C/C=C/C=C\2)CC1.C=CC.C=CCOF.C=O.CC. The van der Waals surface area contributed by atoms with Crippen molar-refractivity contribution in [1.82, 2.24) is 0 Å². The molecule has 0 radical (unpaired) electrons. The molecule has 2 aliphatic carbocycles. The summed E-state index contributed by atoms with van der Waals surface area (Å²) in [6.45, 7) is 21.3. The number of ether oxygens (including phenoxy) is 2. The predicted molar refractivity (Wildman–Crippen MR) is 229 cm³/mol. The van der Waals surface area contributed by atoms with Gasteiger partial charge in [0, 0.05) is 6.61 Å². The van der Waals surface area contributed by atoms with Crippen LogP contribution in [0, 0.1) is 11.8 Å². The smallest absolute Gasteiger partial charge is 0.143 e. The fourth-order valence-electron chi connectivity index (χ4n) is 5.71. The van der Waals surface area contributed by atoms with Crippen molar-refractivity contribution in [3.63, 3.8) is 0 Å². The highest BCUT2D eigenvalue weighted by atomic mass is 19.3. The fourth-order valence-corrected chi connectivity index (χ4v) is 5.71. The number of allylic oxidation sites excluding steroid dienone is 16. The average molecular weight is 755 g/mol. The molecular weight excluding hydrogens is 680 g/mol. The molecule has 2 N–H and O–H groups in total. The van der Waals surface area contributed by atoms with Crippen molar-refractivity contribution in [1.29, 1.82) is 0 Å². The van der Waals surface area contributed by atoms with Crippen LogP contribution in [0.2, 0.25) is 0 Å². The summed E-state index contributed by atoms with van der Waals surface area (Å²) in [6.07, 6.45) is 45.9. The van der Waals surface area contributed by atoms with Crippen LogP contribution in [0.3, 0.4) is 0 Å². The molecule has 0 aromatic heterocycles. The molecule has 0 saturated heterocycles. The molecule has 0 spiro atoms. The third-order valence-corrected chi connectivity index (χ3v) is 8.24. The zero-order chi connectivity index (χ0) is 40.9. The standard InChI is InChI=1S/C38H56O4.C3H5FO.C3H6.C2H6.CH2O/c1-3-5-6-7-10-17-35-20-15-22-38(42-31-30-41-32-40)21-12-9-8-11-18-36(35)26-23-33-24-27-37(28-25-33)34(16-4-2)19-13-14-29-39;1-2-3-5-4;1-3-2;2*1-2/h4,8-9,11-13,15-16,18-22,33,37,39-40H,2-3,5-7,10,14,17,23-32H2,1H3;2H,1,3H2;3H,1H2,2H3;1-2H3;1H2/b9-8+,11-8?,12-9?,18-11-,19-13-,20-15+,21-12-,22-15?,34-16+,35-20?,36-18?,36-35+,38-21?,38-22+;;;;. The number of unbranched alkanes of at least 4 members (excludes halogenated alkanes) is 4. The largest absolute Gasteiger partial charge is 0.491 e. The summed E-state index contributed by atoms with van der Waals surface area (Å²) < 4.78 is 21.3. The molecule has 0 aliphatic heterocycles. The monoisotopic (exact) mass is 755 g/mol. The Balaban J connectivity index is -0.00000191. The van der Waals surface area contributed by atoms with E-state index in [0.717, 1.165) is 24.5 Å². The summed E-state index contributed by atoms with van der Waals surface area (Å²) in [4.78, 5) is 11.1. The summed E-state index contributed by atoms with van der Waals surface area (Å²) in [5, 5.41) is 18.0. The first-order chi connectivity index (χ1) is 26.5. The van der Waals surface area contributed by atoms with E-state index in [9.17, 15) is 4.53 Å². The van der Waals surface area contributed by atoms with Crippen molar-refractivity contribution in [2.45, 2.75) is 111 Å². The number of carbonyl (C=O) groups is 1. The molecule has 0 heterocycles. The van der Waals surface area contributed by atoms with Crippen LogP contribution < -0.4 is 0 Å². The van der Waals surface area contributed by atoms with Crippen LogP contribution in [0.1, 0.15) is 111 Å². The third kappa shape index (κ3) is 33.0. The highest BCUT2D eigenvalue weighted by molar-refractivity contribution is 5.37. The third-order valence-electron chi connectivity index (χ3n) is 8.24. The molecule has 0 atom stereocenters. The van der Waals surface area contributed by atoms with Crippen molar-refractivity contribution in [2.75, 3.05) is 33.2 Å². The molecule has 0 unspecified atom stereocenters. The van der Waals surface area contributed by atoms with E-state index in [1.807, 2.05) is 57.9 Å². The van der Waals surface area contributed by atoms with Crippen LogP contribution in [0.5, 0.6) is 0 Å². The average Bonchev–Trinajstić information content (AvgIpc) is 3.20. The van der Waals surface area contributed by atoms with E-state index in [2.05, 4.69) is 80.2 Å². The van der Waals surface area contributed by atoms with Crippen molar-refractivity contribution >= 4 is 6.79 Å². The summed E-state index contributed by atoms with van der Waals surface area (Å²) >= 11 is 0. The predicted octanol–water partition coefficient (Wildman–Crippen LogP) is 12.5. The molecule has 2 rings (SSSR count). The second kappa shape index (κ2) is 45.5. The Labute approximate surface area is 329 Å². The Morgan fingerprint density at radius 1 is 0.870 bits per heavy atom. The molecule has 0 bridgehead atoms. The lowest BCUT2D eigenvalue weighted by Crippen LogP contribution is -2.16. The van der Waals surface area contributed by atoms with Gasteiger partial charge < -0.3 is 24.5 Å². The van der Waals surface area contributed by atoms with Gasteiger partial charge in [-0.3, -0.25) is 0 Å². The molecule has 0 amide bonds. The van der Waals surface area contributed by atoms with E-state index >= 15 is 0 Å². The van der Waals surface area contributed by atoms with Gasteiger partial charge in [0.05, 0.1) is 6.61 Å². The number of aliphatic hydroxyl groups is 2. The molecule has 7 heteroatoms. The van der Waals surface area contributed by atoms with Crippen LogP contribution in [0.25, 0.3) is 0 Å². The molecule has 0 aromatic rings. The van der Waals surface area contributed by atoms with Gasteiger partial charge in [-0.1, -0.05) is 132 Å². The van der Waals surface area contributed by atoms with Crippen LogP contribution in [0.15, 0.2) is 133 Å². The van der Waals surface area contributed by atoms with Crippen LogP contribution >= 0.6 is 0 Å². The van der Waals surface area contributed by atoms with Crippen LogP contribution in [0.4, 0.5) is 4.53 Å². The molecule has 54 heavy (non-hydrogen) atoms. The number of halogens is 1. The van der Waals surface area contributed by atoms with E-state index in [1.165, 1.54) is 87.0 Å². The van der Waals surface area contributed by atoms with E-state index in [0.29, 0.717) is 25.6 Å². The number of hydrogen-bond acceptors (Lipinski definition) is 6. The zero-order valence-corrected chi connectivity index (χ0v) is 34.3. The summed E-state index contributed by atoms with van der Waals surface area (Å²) in [5.74, 6) is 2.12. The van der Waals surface area contributed by atoms with Crippen molar-refractivity contribution in [2.24, 2.45) is 11.8 Å². The lowest BCUT2D eigenvalue weighted by molar-refractivity contribution is -0.117. The molecule has 6 nitrogen and oxygen atoms in total. The van der Waals surface area contributed by atoms with Gasteiger partial charge in [0.2, 0.25) is 0 Å². The second-order valence-corrected chi connectivity index (χ2v) is 12.2. The maximum absolute atomic E-state index is 10.4. The van der Waals surface area contributed by atoms with Gasteiger partial charge in [-0.05, 0) is 110 Å². The summed E-state index contributed by atoms with van der Waals surface area (Å²) in [6, 6.07) is 0. The highest BCUT2D eigenvalue weighted by Crippen LogP contribution is 2.37.